The Kier molecular flexibility index (Phi) is 9.14. The van der Waals surface area contributed by atoms with Gasteiger partial charge in [0, 0.05) is 13.2 Å². The Morgan fingerprint density at radius 3 is 2.14 bits per heavy atom. The van der Waals surface area contributed by atoms with Crippen LogP contribution < -0.4 is 9.47 Å². The molecule has 198 valence electrons. The number of piperidine rings is 1. The summed E-state index contributed by atoms with van der Waals surface area (Å²) >= 11 is 0. The van der Waals surface area contributed by atoms with Crippen molar-refractivity contribution in [2.75, 3.05) is 40.0 Å². The molecule has 2 N–H and O–H groups in total. The second-order valence-corrected chi connectivity index (χ2v) is 9.56. The normalized spacial score (nSPS) is 15.1. The SMILES string of the molecule is COc1cc(CCO)ccc1OCCCN1CCC(C(O)(c2cccc(F)c2)c2cccc(F)c2)CC1. The number of benzene rings is 3. The standard InChI is InChI=1S/C30H35F2NO4/c1-36-29-19-22(13-17-34)9-10-28(29)37-18-4-14-33-15-11-23(12-16-33)30(35,24-5-2-7-26(31)20-24)25-6-3-8-27(32)21-25/h2-3,5-10,19-21,23,34-35H,4,11-18H2,1H3. The first-order chi connectivity index (χ1) is 17.9. The van der Waals surface area contributed by atoms with Crippen LogP contribution in [0.4, 0.5) is 8.78 Å². The Bertz CT molecular complexity index is 1120. The number of likely N-dealkylation sites (tertiary alicyclic amines) is 1. The molecule has 5 nitrogen and oxygen atoms in total. The summed E-state index contributed by atoms with van der Waals surface area (Å²) in [6.45, 7) is 3.01. The predicted molar refractivity (Wildman–Crippen MR) is 139 cm³/mol. The van der Waals surface area contributed by atoms with Gasteiger partial charge in [-0.3, -0.25) is 0 Å². The van der Waals surface area contributed by atoms with E-state index in [1.54, 1.807) is 31.4 Å². The fourth-order valence-corrected chi connectivity index (χ4v) is 5.25. The molecule has 0 aromatic heterocycles. The van der Waals surface area contributed by atoms with Crippen LogP contribution in [-0.4, -0.2) is 55.1 Å². The fraction of sp³-hybridized carbons (Fsp3) is 0.400. The Balaban J connectivity index is 1.35. The third-order valence-electron chi connectivity index (χ3n) is 7.21. The molecule has 3 aromatic carbocycles. The third-order valence-corrected chi connectivity index (χ3v) is 7.21. The van der Waals surface area contributed by atoms with Gasteiger partial charge in [-0.25, -0.2) is 8.78 Å². The predicted octanol–water partition coefficient (Wildman–Crippen LogP) is 4.93. The Morgan fingerprint density at radius 1 is 0.919 bits per heavy atom. The van der Waals surface area contributed by atoms with E-state index in [0.717, 1.165) is 31.6 Å². The maximum atomic E-state index is 14.1. The number of rotatable bonds is 11. The Hall–Kier alpha value is -3.00. The van der Waals surface area contributed by atoms with Gasteiger partial charge in [-0.2, -0.15) is 0 Å². The molecule has 1 fully saturated rings. The van der Waals surface area contributed by atoms with Crippen LogP contribution in [0.2, 0.25) is 0 Å². The summed E-state index contributed by atoms with van der Waals surface area (Å²) in [4.78, 5) is 2.33. The highest BCUT2D eigenvalue weighted by Gasteiger charge is 2.42. The zero-order valence-corrected chi connectivity index (χ0v) is 21.2. The molecule has 37 heavy (non-hydrogen) atoms. The molecule has 4 rings (SSSR count). The summed E-state index contributed by atoms with van der Waals surface area (Å²) in [5, 5.41) is 21.1. The fourth-order valence-electron chi connectivity index (χ4n) is 5.25. The maximum absolute atomic E-state index is 14.1. The van der Waals surface area contributed by atoms with Gasteiger partial charge in [0.25, 0.3) is 0 Å². The van der Waals surface area contributed by atoms with Crippen molar-refractivity contribution in [3.05, 3.63) is 95.1 Å². The quantitative estimate of drug-likeness (QED) is 0.358. The highest BCUT2D eigenvalue weighted by atomic mass is 19.1. The lowest BCUT2D eigenvalue weighted by atomic mass is 9.72. The van der Waals surface area contributed by atoms with E-state index in [9.17, 15) is 13.9 Å². The molecule has 1 aliphatic rings. The molecule has 0 unspecified atom stereocenters. The summed E-state index contributed by atoms with van der Waals surface area (Å²) in [6, 6.07) is 17.7. The first-order valence-corrected chi connectivity index (χ1v) is 12.8. The van der Waals surface area contributed by atoms with E-state index in [-0.39, 0.29) is 12.5 Å². The zero-order chi connectivity index (χ0) is 26.3. The highest BCUT2D eigenvalue weighted by molar-refractivity contribution is 5.43. The molecule has 1 heterocycles. The van der Waals surface area contributed by atoms with Gasteiger partial charge in [0.1, 0.15) is 17.2 Å². The van der Waals surface area contributed by atoms with Gasteiger partial charge >= 0.3 is 0 Å². The number of halogens is 2. The number of hydrogen-bond donors (Lipinski definition) is 2. The number of aliphatic hydroxyl groups excluding tert-OH is 1. The second kappa shape index (κ2) is 12.5. The molecule has 3 aromatic rings. The number of hydrogen-bond acceptors (Lipinski definition) is 5. The first kappa shape index (κ1) is 27.0. The van der Waals surface area contributed by atoms with Crippen molar-refractivity contribution in [3.8, 4) is 11.5 Å². The monoisotopic (exact) mass is 511 g/mol. The smallest absolute Gasteiger partial charge is 0.161 e. The lowest BCUT2D eigenvalue weighted by Gasteiger charge is -2.42. The van der Waals surface area contributed by atoms with Crippen molar-refractivity contribution >= 4 is 0 Å². The molecule has 0 atom stereocenters. The van der Waals surface area contributed by atoms with Crippen LogP contribution in [0.15, 0.2) is 66.7 Å². The maximum Gasteiger partial charge on any atom is 0.161 e. The number of aliphatic hydroxyl groups is 2. The third kappa shape index (κ3) is 6.47. The minimum Gasteiger partial charge on any atom is -0.493 e. The molecule has 0 amide bonds. The van der Waals surface area contributed by atoms with Gasteiger partial charge in [0.05, 0.1) is 13.7 Å². The largest absolute Gasteiger partial charge is 0.493 e. The van der Waals surface area contributed by atoms with Crippen LogP contribution in [0, 0.1) is 17.6 Å². The van der Waals surface area contributed by atoms with Crippen LogP contribution in [0.25, 0.3) is 0 Å². The van der Waals surface area contributed by atoms with E-state index in [1.165, 1.54) is 24.3 Å². The minimum absolute atomic E-state index is 0.0852. The summed E-state index contributed by atoms with van der Waals surface area (Å²) < 4.78 is 39.6. The van der Waals surface area contributed by atoms with E-state index >= 15 is 0 Å². The van der Waals surface area contributed by atoms with Crippen molar-refractivity contribution < 1.29 is 28.5 Å². The van der Waals surface area contributed by atoms with Crippen LogP contribution in [0.3, 0.4) is 0 Å². The number of methoxy groups -OCH3 is 1. The molecular weight excluding hydrogens is 476 g/mol. The number of ether oxygens (including phenoxy) is 2. The number of nitrogens with zero attached hydrogens (tertiary/aromatic N) is 1. The molecule has 0 bridgehead atoms. The van der Waals surface area contributed by atoms with Crippen molar-refractivity contribution in [3.63, 3.8) is 0 Å². The summed E-state index contributed by atoms with van der Waals surface area (Å²) in [7, 11) is 1.60. The van der Waals surface area contributed by atoms with Gasteiger partial charge in [0.15, 0.2) is 11.5 Å². The van der Waals surface area contributed by atoms with Crippen LogP contribution in [0.5, 0.6) is 11.5 Å². The van der Waals surface area contributed by atoms with E-state index < -0.39 is 17.2 Å². The van der Waals surface area contributed by atoms with Crippen molar-refractivity contribution in [1.82, 2.24) is 4.90 Å². The van der Waals surface area contributed by atoms with Crippen molar-refractivity contribution in [1.29, 1.82) is 0 Å². The topological polar surface area (TPSA) is 62.2 Å². The lowest BCUT2D eigenvalue weighted by molar-refractivity contribution is -0.0150. The summed E-state index contributed by atoms with van der Waals surface area (Å²) in [5.74, 6) is 0.304. The minimum atomic E-state index is -1.47. The van der Waals surface area contributed by atoms with Gasteiger partial charge in [0.2, 0.25) is 0 Å². The summed E-state index contributed by atoms with van der Waals surface area (Å²) in [6.07, 6.45) is 2.79. The van der Waals surface area contributed by atoms with Gasteiger partial charge < -0.3 is 24.6 Å². The Morgan fingerprint density at radius 2 is 1.57 bits per heavy atom. The second-order valence-electron chi connectivity index (χ2n) is 9.56. The highest BCUT2D eigenvalue weighted by Crippen LogP contribution is 2.42. The molecule has 0 spiro atoms. The van der Waals surface area contributed by atoms with Gasteiger partial charge in [-0.1, -0.05) is 30.3 Å². The van der Waals surface area contributed by atoms with Gasteiger partial charge in [-0.05, 0) is 97.8 Å². The molecule has 7 heteroatoms. The van der Waals surface area contributed by atoms with E-state index in [0.29, 0.717) is 48.5 Å². The van der Waals surface area contributed by atoms with E-state index in [1.807, 2.05) is 18.2 Å². The average molecular weight is 512 g/mol. The van der Waals surface area contributed by atoms with E-state index in [2.05, 4.69) is 4.90 Å². The lowest BCUT2D eigenvalue weighted by Crippen LogP contribution is -2.44. The Labute approximate surface area is 217 Å². The van der Waals surface area contributed by atoms with E-state index in [4.69, 9.17) is 14.6 Å². The van der Waals surface area contributed by atoms with Crippen LogP contribution in [0.1, 0.15) is 36.0 Å². The van der Waals surface area contributed by atoms with Crippen molar-refractivity contribution in [2.45, 2.75) is 31.3 Å². The molecule has 0 saturated carbocycles. The molecule has 0 aliphatic carbocycles. The molecule has 0 radical (unpaired) electrons. The zero-order valence-electron chi connectivity index (χ0n) is 21.2. The van der Waals surface area contributed by atoms with Crippen molar-refractivity contribution in [2.24, 2.45) is 5.92 Å². The van der Waals surface area contributed by atoms with Gasteiger partial charge in [-0.15, -0.1) is 0 Å². The van der Waals surface area contributed by atoms with Crippen LogP contribution in [-0.2, 0) is 12.0 Å². The average Bonchev–Trinajstić information content (AvgIpc) is 2.91. The first-order valence-electron chi connectivity index (χ1n) is 12.8. The molecule has 1 aliphatic heterocycles. The molecule has 1 saturated heterocycles. The van der Waals surface area contributed by atoms with Crippen LogP contribution >= 0.6 is 0 Å². The summed E-state index contributed by atoms with van der Waals surface area (Å²) in [5.41, 5.74) is 0.414. The molecular formula is C30H35F2NO4.